The minimum Gasteiger partial charge on any atom is -0.394 e. The molecule has 1 fully saturated rings. The number of hydrogen-bond acceptors (Lipinski definition) is 3. The highest BCUT2D eigenvalue weighted by molar-refractivity contribution is 4.97. The van der Waals surface area contributed by atoms with Crippen molar-refractivity contribution in [3.63, 3.8) is 0 Å². The summed E-state index contributed by atoms with van der Waals surface area (Å²) in [5.74, 6) is 0.228. The molecule has 1 saturated carbocycles. The fourth-order valence-electron chi connectivity index (χ4n) is 1.56. The fourth-order valence-corrected chi connectivity index (χ4v) is 1.56. The maximum absolute atomic E-state index is 10.0. The zero-order valence-corrected chi connectivity index (χ0v) is 9.51. The van der Waals surface area contributed by atoms with Crippen LogP contribution in [0.25, 0.3) is 0 Å². The molecule has 0 radical (unpaired) electrons. The topological polar surface area (TPSA) is 52.5 Å². The molecule has 0 aromatic rings. The molecule has 0 aromatic carbocycles. The lowest BCUT2D eigenvalue weighted by Gasteiger charge is -2.43. The summed E-state index contributed by atoms with van der Waals surface area (Å²) in [6.45, 7) is 6.60. The zero-order chi connectivity index (χ0) is 10.8. The number of hydrogen-bond donors (Lipinski definition) is 3. The van der Waals surface area contributed by atoms with Gasteiger partial charge in [0, 0.05) is 12.1 Å². The lowest BCUT2D eigenvalue weighted by molar-refractivity contribution is -0.00861. The second-order valence-electron chi connectivity index (χ2n) is 5.16. The van der Waals surface area contributed by atoms with E-state index in [1.165, 1.54) is 6.42 Å². The second kappa shape index (κ2) is 4.17. The molecule has 0 spiro atoms. The van der Waals surface area contributed by atoms with Gasteiger partial charge in [0.2, 0.25) is 0 Å². The Morgan fingerprint density at radius 3 is 2.29 bits per heavy atom. The van der Waals surface area contributed by atoms with Gasteiger partial charge in [-0.25, -0.2) is 0 Å². The van der Waals surface area contributed by atoms with E-state index < -0.39 is 5.60 Å². The molecule has 0 aliphatic heterocycles. The fraction of sp³-hybridized carbons (Fsp3) is 1.00. The van der Waals surface area contributed by atoms with Crippen LogP contribution in [0.5, 0.6) is 0 Å². The van der Waals surface area contributed by atoms with Crippen LogP contribution >= 0.6 is 0 Å². The van der Waals surface area contributed by atoms with Crippen LogP contribution in [-0.2, 0) is 0 Å². The number of aliphatic hydroxyl groups is 2. The molecule has 0 heterocycles. The van der Waals surface area contributed by atoms with Gasteiger partial charge in [0.15, 0.2) is 0 Å². The maximum atomic E-state index is 10.0. The van der Waals surface area contributed by atoms with Crippen LogP contribution in [0.15, 0.2) is 0 Å². The van der Waals surface area contributed by atoms with Gasteiger partial charge in [-0.2, -0.15) is 0 Å². The first-order chi connectivity index (χ1) is 6.42. The maximum Gasteiger partial charge on any atom is 0.0766 e. The third kappa shape index (κ3) is 2.47. The number of β-amino-alcohol motifs (C(OH)–C–C–N with tert-alkyl or cyclic N) is 1. The molecule has 1 atom stereocenters. The number of rotatable bonds is 5. The van der Waals surface area contributed by atoms with Crippen molar-refractivity contribution in [2.45, 2.75) is 51.2 Å². The molecule has 1 aliphatic rings. The predicted molar refractivity (Wildman–Crippen MR) is 57.1 cm³/mol. The van der Waals surface area contributed by atoms with Gasteiger partial charge in [-0.3, -0.25) is 0 Å². The van der Waals surface area contributed by atoms with E-state index in [-0.39, 0.29) is 18.1 Å². The van der Waals surface area contributed by atoms with Gasteiger partial charge in [0.05, 0.1) is 12.2 Å². The number of nitrogens with one attached hydrogen (secondary N) is 1. The monoisotopic (exact) mass is 201 g/mol. The van der Waals surface area contributed by atoms with Crippen molar-refractivity contribution in [2.24, 2.45) is 5.92 Å². The van der Waals surface area contributed by atoms with E-state index in [0.717, 1.165) is 12.8 Å². The van der Waals surface area contributed by atoms with E-state index in [1.54, 1.807) is 0 Å². The zero-order valence-electron chi connectivity index (χ0n) is 9.51. The minimum atomic E-state index is -0.683. The highest BCUT2D eigenvalue weighted by Crippen LogP contribution is 2.31. The van der Waals surface area contributed by atoms with Crippen LogP contribution in [0.2, 0.25) is 0 Å². The van der Waals surface area contributed by atoms with Crippen molar-refractivity contribution >= 4 is 0 Å². The predicted octanol–water partition coefficient (Wildman–Crippen LogP) is 0.898. The Morgan fingerprint density at radius 1 is 1.43 bits per heavy atom. The van der Waals surface area contributed by atoms with Crippen molar-refractivity contribution in [1.29, 1.82) is 0 Å². The van der Waals surface area contributed by atoms with Crippen molar-refractivity contribution in [2.75, 3.05) is 13.2 Å². The van der Waals surface area contributed by atoms with Gasteiger partial charge >= 0.3 is 0 Å². The molecule has 1 unspecified atom stereocenters. The van der Waals surface area contributed by atoms with Crippen LogP contribution in [0, 0.1) is 5.92 Å². The van der Waals surface area contributed by atoms with Gasteiger partial charge in [0.1, 0.15) is 0 Å². The third-order valence-electron chi connectivity index (χ3n) is 3.68. The Bertz CT molecular complexity index is 178. The Hall–Kier alpha value is -0.120. The molecular formula is C11H23NO2. The van der Waals surface area contributed by atoms with Crippen molar-refractivity contribution in [3.05, 3.63) is 0 Å². The Kier molecular flexibility index (Phi) is 3.56. The Morgan fingerprint density at radius 2 is 2.00 bits per heavy atom. The van der Waals surface area contributed by atoms with E-state index >= 15 is 0 Å². The Balaban J connectivity index is 2.39. The van der Waals surface area contributed by atoms with Gasteiger partial charge in [0.25, 0.3) is 0 Å². The molecule has 3 nitrogen and oxygen atoms in total. The van der Waals surface area contributed by atoms with Crippen molar-refractivity contribution in [3.8, 4) is 0 Å². The quantitative estimate of drug-likeness (QED) is 0.619. The molecule has 84 valence electrons. The first-order valence-electron chi connectivity index (χ1n) is 5.50. The first kappa shape index (κ1) is 12.0. The van der Waals surface area contributed by atoms with Crippen LogP contribution in [0.3, 0.4) is 0 Å². The average molecular weight is 201 g/mol. The first-order valence-corrected chi connectivity index (χ1v) is 5.50. The lowest BCUT2D eigenvalue weighted by atomic mass is 9.76. The summed E-state index contributed by atoms with van der Waals surface area (Å²) < 4.78 is 0. The molecule has 14 heavy (non-hydrogen) atoms. The average Bonchev–Trinajstić information content (AvgIpc) is 2.02. The van der Waals surface area contributed by atoms with Crippen LogP contribution in [0.1, 0.15) is 40.0 Å². The summed E-state index contributed by atoms with van der Waals surface area (Å²) in [4.78, 5) is 0. The molecule has 3 N–H and O–H groups in total. The minimum absolute atomic E-state index is 0.0983. The van der Waals surface area contributed by atoms with Gasteiger partial charge in [-0.05, 0) is 32.1 Å². The Labute approximate surface area is 86.5 Å². The molecule has 1 rings (SSSR count). The summed E-state index contributed by atoms with van der Waals surface area (Å²) in [5, 5.41) is 22.6. The van der Waals surface area contributed by atoms with E-state index in [0.29, 0.717) is 6.54 Å². The summed E-state index contributed by atoms with van der Waals surface area (Å²) in [7, 11) is 0. The summed E-state index contributed by atoms with van der Waals surface area (Å²) in [5.41, 5.74) is -0.781. The number of aliphatic hydroxyl groups excluding tert-OH is 1. The molecule has 0 bridgehead atoms. The van der Waals surface area contributed by atoms with E-state index in [1.807, 2.05) is 20.8 Å². The molecule has 1 aliphatic carbocycles. The summed E-state index contributed by atoms with van der Waals surface area (Å²) >= 11 is 0. The van der Waals surface area contributed by atoms with Crippen LogP contribution in [-0.4, -0.2) is 34.5 Å². The van der Waals surface area contributed by atoms with E-state index in [2.05, 4.69) is 5.32 Å². The highest BCUT2D eigenvalue weighted by atomic mass is 16.3. The van der Waals surface area contributed by atoms with Gasteiger partial charge < -0.3 is 15.5 Å². The second-order valence-corrected chi connectivity index (χ2v) is 5.16. The van der Waals surface area contributed by atoms with Crippen LogP contribution in [0.4, 0.5) is 0 Å². The lowest BCUT2D eigenvalue weighted by Crippen LogP contribution is -2.58. The molecular weight excluding hydrogens is 178 g/mol. The SMILES string of the molecule is CC(C)C(C)(O)CNC1(CO)CCC1. The molecule has 0 aromatic heterocycles. The third-order valence-corrected chi connectivity index (χ3v) is 3.68. The largest absolute Gasteiger partial charge is 0.394 e. The molecule has 0 saturated heterocycles. The molecule has 0 amide bonds. The summed E-state index contributed by atoms with van der Waals surface area (Å²) in [6, 6.07) is 0. The normalized spacial score (nSPS) is 24.4. The van der Waals surface area contributed by atoms with E-state index in [4.69, 9.17) is 0 Å². The highest BCUT2D eigenvalue weighted by Gasteiger charge is 2.38. The smallest absolute Gasteiger partial charge is 0.0766 e. The van der Waals surface area contributed by atoms with Crippen molar-refractivity contribution < 1.29 is 10.2 Å². The van der Waals surface area contributed by atoms with E-state index in [9.17, 15) is 10.2 Å². The van der Waals surface area contributed by atoms with Crippen molar-refractivity contribution in [1.82, 2.24) is 5.32 Å². The van der Waals surface area contributed by atoms with Gasteiger partial charge in [-0.15, -0.1) is 0 Å². The van der Waals surface area contributed by atoms with Gasteiger partial charge in [-0.1, -0.05) is 13.8 Å². The van der Waals surface area contributed by atoms with Crippen LogP contribution < -0.4 is 5.32 Å². The standard InChI is InChI=1S/C11H23NO2/c1-9(2)10(3,14)7-12-11(8-13)5-4-6-11/h9,12-14H,4-8H2,1-3H3. The molecule has 3 heteroatoms. The summed E-state index contributed by atoms with van der Waals surface area (Å²) in [6.07, 6.45) is 3.23.